The number of ether oxygens (including phenoxy) is 1. The first-order valence-corrected chi connectivity index (χ1v) is 8.31. The van der Waals surface area contributed by atoms with Crippen LogP contribution in [0.5, 0.6) is 5.75 Å². The van der Waals surface area contributed by atoms with Crippen molar-refractivity contribution in [2.75, 3.05) is 13.2 Å². The normalized spacial score (nSPS) is 10.9. The summed E-state index contributed by atoms with van der Waals surface area (Å²) in [6.07, 6.45) is 0. The average molecular weight is 359 g/mol. The van der Waals surface area contributed by atoms with Gasteiger partial charge in [-0.1, -0.05) is 17.7 Å². The number of hydrogen-bond donors (Lipinski definition) is 1. The number of halogens is 1. The largest absolute Gasteiger partial charge is 0.492 e. The van der Waals surface area contributed by atoms with Gasteiger partial charge in [0.05, 0.1) is 23.5 Å². The molecule has 7 heteroatoms. The predicted molar refractivity (Wildman–Crippen MR) is 97.3 cm³/mol. The topological polar surface area (TPSA) is 69.0 Å². The van der Waals surface area contributed by atoms with E-state index >= 15 is 0 Å². The average Bonchev–Trinajstić information content (AvgIpc) is 2.84. The Morgan fingerprint density at radius 2 is 2.08 bits per heavy atom. The number of carbonyl (C=O) groups excluding carboxylic acids is 1. The van der Waals surface area contributed by atoms with Crippen LogP contribution in [-0.2, 0) is 7.05 Å². The third-order valence-electron chi connectivity index (χ3n) is 3.89. The summed E-state index contributed by atoms with van der Waals surface area (Å²) in [6, 6.07) is 8.99. The highest BCUT2D eigenvalue weighted by molar-refractivity contribution is 6.30. The standard InChI is InChI=1S/C18H19ClN4O2/c1-11-16(10-15-12(2)22-23(3)17(15)21-11)18(24)20-7-8-25-14-6-4-5-13(19)9-14/h4-6,9-10H,7-8H2,1-3H3,(H,20,24). The maximum atomic E-state index is 12.4. The predicted octanol–water partition coefficient (Wildman–Crippen LogP) is 3.05. The van der Waals surface area contributed by atoms with Crippen molar-refractivity contribution < 1.29 is 9.53 Å². The van der Waals surface area contributed by atoms with Crippen molar-refractivity contribution in [1.29, 1.82) is 0 Å². The van der Waals surface area contributed by atoms with Gasteiger partial charge in [-0.3, -0.25) is 9.48 Å². The Kier molecular flexibility index (Phi) is 4.90. The molecule has 6 nitrogen and oxygen atoms in total. The second kappa shape index (κ2) is 7.11. The smallest absolute Gasteiger partial charge is 0.253 e. The number of amides is 1. The lowest BCUT2D eigenvalue weighted by molar-refractivity contribution is 0.0946. The van der Waals surface area contributed by atoms with Gasteiger partial charge in [0.25, 0.3) is 5.91 Å². The molecule has 130 valence electrons. The van der Waals surface area contributed by atoms with E-state index < -0.39 is 0 Å². The Hall–Kier alpha value is -2.60. The molecule has 0 radical (unpaired) electrons. The fourth-order valence-electron chi connectivity index (χ4n) is 2.65. The summed E-state index contributed by atoms with van der Waals surface area (Å²) in [5.74, 6) is 0.497. The first kappa shape index (κ1) is 17.2. The van der Waals surface area contributed by atoms with Crippen LogP contribution < -0.4 is 10.1 Å². The molecule has 0 saturated heterocycles. The van der Waals surface area contributed by atoms with E-state index in [1.807, 2.05) is 39.1 Å². The van der Waals surface area contributed by atoms with Crippen LogP contribution in [0.25, 0.3) is 11.0 Å². The van der Waals surface area contributed by atoms with Crippen LogP contribution >= 0.6 is 11.6 Å². The van der Waals surface area contributed by atoms with E-state index in [1.54, 1.807) is 16.8 Å². The third-order valence-corrected chi connectivity index (χ3v) is 4.12. The molecule has 25 heavy (non-hydrogen) atoms. The van der Waals surface area contributed by atoms with Crippen LogP contribution in [-0.4, -0.2) is 33.8 Å². The molecule has 0 aliphatic rings. The van der Waals surface area contributed by atoms with Crippen molar-refractivity contribution in [1.82, 2.24) is 20.1 Å². The van der Waals surface area contributed by atoms with E-state index in [0.29, 0.717) is 35.2 Å². The molecule has 0 spiro atoms. The highest BCUT2D eigenvalue weighted by Crippen LogP contribution is 2.19. The van der Waals surface area contributed by atoms with Crippen molar-refractivity contribution in [2.24, 2.45) is 7.05 Å². The molecule has 0 aliphatic heterocycles. The van der Waals surface area contributed by atoms with Crippen molar-refractivity contribution >= 4 is 28.5 Å². The van der Waals surface area contributed by atoms with Gasteiger partial charge in [0.1, 0.15) is 12.4 Å². The lowest BCUT2D eigenvalue weighted by Gasteiger charge is -2.09. The molecule has 0 saturated carbocycles. The number of pyridine rings is 1. The lowest BCUT2D eigenvalue weighted by Crippen LogP contribution is -2.28. The molecule has 1 N–H and O–H groups in total. The number of rotatable bonds is 5. The fraction of sp³-hybridized carbons (Fsp3) is 0.278. The number of hydrogen-bond acceptors (Lipinski definition) is 4. The Morgan fingerprint density at radius 3 is 2.84 bits per heavy atom. The number of carbonyl (C=O) groups is 1. The molecule has 0 aliphatic carbocycles. The number of benzene rings is 1. The van der Waals surface area contributed by atoms with Crippen molar-refractivity contribution in [3.8, 4) is 5.75 Å². The third kappa shape index (κ3) is 3.74. The van der Waals surface area contributed by atoms with Gasteiger partial charge in [-0.2, -0.15) is 5.10 Å². The van der Waals surface area contributed by atoms with Crippen LogP contribution in [0.2, 0.25) is 5.02 Å². The van der Waals surface area contributed by atoms with Crippen LogP contribution in [0.3, 0.4) is 0 Å². The van der Waals surface area contributed by atoms with Gasteiger partial charge >= 0.3 is 0 Å². The quantitative estimate of drug-likeness (QED) is 0.712. The molecular formula is C18H19ClN4O2. The first-order chi connectivity index (χ1) is 12.0. The Bertz CT molecular complexity index is 936. The molecule has 1 amide bonds. The Balaban J connectivity index is 1.64. The van der Waals surface area contributed by atoms with Gasteiger partial charge in [0.2, 0.25) is 0 Å². The number of aryl methyl sites for hydroxylation is 3. The zero-order valence-electron chi connectivity index (χ0n) is 14.3. The minimum Gasteiger partial charge on any atom is -0.492 e. The SMILES string of the molecule is Cc1nc2c(cc1C(=O)NCCOc1cccc(Cl)c1)c(C)nn2C. The number of fused-ring (bicyclic) bond motifs is 1. The minimum absolute atomic E-state index is 0.176. The van der Waals surface area contributed by atoms with Gasteiger partial charge in [-0.25, -0.2) is 4.98 Å². The highest BCUT2D eigenvalue weighted by atomic mass is 35.5. The van der Waals surface area contributed by atoms with Crippen LogP contribution in [0.4, 0.5) is 0 Å². The van der Waals surface area contributed by atoms with Crippen molar-refractivity contribution in [2.45, 2.75) is 13.8 Å². The number of aromatic nitrogens is 3. The van der Waals surface area contributed by atoms with Gasteiger partial charge < -0.3 is 10.1 Å². The monoisotopic (exact) mass is 358 g/mol. The number of nitrogens with zero attached hydrogens (tertiary/aromatic N) is 3. The van der Waals surface area contributed by atoms with E-state index in [1.165, 1.54) is 0 Å². The first-order valence-electron chi connectivity index (χ1n) is 7.93. The summed E-state index contributed by atoms with van der Waals surface area (Å²) < 4.78 is 7.29. The molecule has 2 heterocycles. The Labute approximate surface area is 150 Å². The van der Waals surface area contributed by atoms with Crippen molar-refractivity contribution in [3.63, 3.8) is 0 Å². The second-order valence-corrected chi connectivity index (χ2v) is 6.20. The molecule has 0 unspecified atom stereocenters. The van der Waals surface area contributed by atoms with Gasteiger partial charge in [0.15, 0.2) is 5.65 Å². The maximum absolute atomic E-state index is 12.4. The maximum Gasteiger partial charge on any atom is 0.253 e. The van der Waals surface area contributed by atoms with Crippen LogP contribution in [0.15, 0.2) is 30.3 Å². The number of nitrogens with one attached hydrogen (secondary N) is 1. The van der Waals surface area contributed by atoms with Gasteiger partial charge in [-0.05, 0) is 38.1 Å². The van der Waals surface area contributed by atoms with Gasteiger partial charge in [0, 0.05) is 17.5 Å². The van der Waals surface area contributed by atoms with Crippen molar-refractivity contribution in [3.05, 3.63) is 52.3 Å². The molecule has 0 fully saturated rings. The summed E-state index contributed by atoms with van der Waals surface area (Å²) in [6.45, 7) is 4.46. The molecule has 3 rings (SSSR count). The van der Waals surface area contributed by atoms with E-state index in [0.717, 1.165) is 16.7 Å². The van der Waals surface area contributed by atoms with E-state index in [2.05, 4.69) is 15.4 Å². The zero-order chi connectivity index (χ0) is 18.0. The zero-order valence-corrected chi connectivity index (χ0v) is 15.1. The summed E-state index contributed by atoms with van der Waals surface area (Å²) in [5.41, 5.74) is 2.84. The molecule has 0 bridgehead atoms. The molecule has 3 aromatic rings. The fourth-order valence-corrected chi connectivity index (χ4v) is 2.83. The van der Waals surface area contributed by atoms with Crippen LogP contribution in [0.1, 0.15) is 21.7 Å². The Morgan fingerprint density at radius 1 is 1.28 bits per heavy atom. The second-order valence-electron chi connectivity index (χ2n) is 5.76. The summed E-state index contributed by atoms with van der Waals surface area (Å²) >= 11 is 5.90. The molecule has 0 atom stereocenters. The van der Waals surface area contributed by atoms with E-state index in [9.17, 15) is 4.79 Å². The van der Waals surface area contributed by atoms with E-state index in [4.69, 9.17) is 16.3 Å². The molecular weight excluding hydrogens is 340 g/mol. The summed E-state index contributed by atoms with van der Waals surface area (Å²) in [5, 5.41) is 8.69. The lowest BCUT2D eigenvalue weighted by atomic mass is 10.1. The minimum atomic E-state index is -0.176. The summed E-state index contributed by atoms with van der Waals surface area (Å²) in [4.78, 5) is 16.9. The van der Waals surface area contributed by atoms with Crippen LogP contribution in [0, 0.1) is 13.8 Å². The summed E-state index contributed by atoms with van der Waals surface area (Å²) in [7, 11) is 1.84. The molecule has 1 aromatic carbocycles. The molecule has 2 aromatic heterocycles. The van der Waals surface area contributed by atoms with E-state index in [-0.39, 0.29) is 5.91 Å². The van der Waals surface area contributed by atoms with Gasteiger partial charge in [-0.15, -0.1) is 0 Å². The highest BCUT2D eigenvalue weighted by Gasteiger charge is 2.15.